The topological polar surface area (TPSA) is 100 Å². The molecule has 5 rings (SSSR count). The molecule has 0 amide bonds. The van der Waals surface area contributed by atoms with E-state index in [2.05, 4.69) is 14.2 Å². The van der Waals surface area contributed by atoms with Crippen molar-refractivity contribution in [3.8, 4) is 17.4 Å². The van der Waals surface area contributed by atoms with Gasteiger partial charge in [-0.1, -0.05) is 36.0 Å². The molecule has 0 radical (unpaired) electrons. The van der Waals surface area contributed by atoms with E-state index in [1.54, 1.807) is 24.3 Å². The first-order valence-electron chi connectivity index (χ1n) is 14.8. The van der Waals surface area contributed by atoms with Gasteiger partial charge in [0.05, 0.1) is 43.8 Å². The number of aryl methyl sites for hydroxylation is 1. The van der Waals surface area contributed by atoms with Gasteiger partial charge in [0.2, 0.25) is 5.88 Å². The van der Waals surface area contributed by atoms with Crippen LogP contribution < -0.4 is 18.6 Å². The van der Waals surface area contributed by atoms with Crippen LogP contribution in [0.25, 0.3) is 0 Å². The molecule has 0 bridgehead atoms. The summed E-state index contributed by atoms with van der Waals surface area (Å²) >= 11 is 0.887. The molecule has 1 aromatic heterocycles. The van der Waals surface area contributed by atoms with Gasteiger partial charge in [0.25, 0.3) is 0 Å². The van der Waals surface area contributed by atoms with E-state index in [-0.39, 0.29) is 34.0 Å². The molecule has 1 unspecified atom stereocenters. The Kier molecular flexibility index (Phi) is 10.8. The first-order chi connectivity index (χ1) is 23.5. The lowest BCUT2D eigenvalue weighted by Crippen LogP contribution is -2.30. The molecule has 0 aliphatic carbocycles. The van der Waals surface area contributed by atoms with Crippen molar-refractivity contribution in [3.05, 3.63) is 99.7 Å². The van der Waals surface area contributed by atoms with Crippen molar-refractivity contribution in [2.24, 2.45) is 0 Å². The third kappa shape index (κ3) is 8.21. The summed E-state index contributed by atoms with van der Waals surface area (Å²) in [5.74, 6) is 0.368. The highest BCUT2D eigenvalue weighted by Crippen LogP contribution is 2.44. The number of alkyl halides is 6. The molecule has 1 aliphatic heterocycles. The second kappa shape index (κ2) is 14.6. The summed E-state index contributed by atoms with van der Waals surface area (Å²) in [5.41, 5.74) is -5.05. The molecule has 0 saturated carbocycles. The fraction of sp³-hybridized carbons (Fsp3) is 0.333. The number of halogens is 6. The monoisotopic (exact) mass is 743 g/mol. The number of thioether (sulfide) groups is 1. The van der Waals surface area contributed by atoms with Gasteiger partial charge in [0, 0.05) is 25.2 Å². The SMILES string of the molecule is COc1ccc(CN(Cc2ccc(OC)cc2)c2cc(C)c(C(F)(F)F)c(C3Cc4nc(SC)nc(OS(=O)(=O)C(F)(F)F)c4CO3)c2)cc1. The van der Waals surface area contributed by atoms with Gasteiger partial charge in [-0.3, -0.25) is 0 Å². The normalized spacial score (nSPS) is 15.0. The number of rotatable bonds is 11. The molecule has 17 heteroatoms. The molecule has 0 fully saturated rings. The molecule has 0 spiro atoms. The molecular weight excluding hydrogens is 713 g/mol. The van der Waals surface area contributed by atoms with Crippen molar-refractivity contribution < 1.29 is 53.2 Å². The summed E-state index contributed by atoms with van der Waals surface area (Å²) < 4.78 is 128. The summed E-state index contributed by atoms with van der Waals surface area (Å²) in [4.78, 5) is 9.96. The molecule has 50 heavy (non-hydrogen) atoms. The van der Waals surface area contributed by atoms with Crippen molar-refractivity contribution in [2.75, 3.05) is 25.4 Å². The number of ether oxygens (including phenoxy) is 3. The van der Waals surface area contributed by atoms with Crippen LogP contribution in [0.5, 0.6) is 17.4 Å². The summed E-state index contributed by atoms with van der Waals surface area (Å²) in [6, 6.07) is 17.3. The average molecular weight is 744 g/mol. The number of hydrogen-bond acceptors (Lipinski definition) is 10. The Morgan fingerprint density at radius 1 is 0.900 bits per heavy atom. The van der Waals surface area contributed by atoms with Crippen LogP contribution in [0.1, 0.15) is 45.2 Å². The Morgan fingerprint density at radius 3 is 1.94 bits per heavy atom. The first kappa shape index (κ1) is 37.0. The fourth-order valence-corrected chi connectivity index (χ4v) is 6.30. The van der Waals surface area contributed by atoms with Gasteiger partial charge in [-0.2, -0.15) is 39.7 Å². The van der Waals surface area contributed by atoms with Crippen molar-refractivity contribution in [2.45, 2.75) is 56.0 Å². The quantitative estimate of drug-likeness (QED) is 0.0498. The van der Waals surface area contributed by atoms with Crippen molar-refractivity contribution in [1.82, 2.24) is 9.97 Å². The highest BCUT2D eigenvalue weighted by molar-refractivity contribution is 7.98. The molecule has 0 N–H and O–H groups in total. The standard InChI is InChI=1S/C33H31F6N3O6S2/c1-19-13-22(42(16-20-5-9-23(45-2)10-6-20)17-21-7-11-24(46-3)12-8-21)14-25(29(19)32(34,35)36)28-15-27-26(18-47-28)30(41-31(40-27)49-4)48-50(43,44)33(37,38)39/h5-14,28H,15-18H2,1-4H3. The number of methoxy groups -OCH3 is 2. The van der Waals surface area contributed by atoms with Crippen molar-refractivity contribution in [1.29, 1.82) is 0 Å². The minimum atomic E-state index is -6.10. The minimum absolute atomic E-state index is 0.00234. The maximum absolute atomic E-state index is 14.7. The zero-order valence-electron chi connectivity index (χ0n) is 27.1. The molecule has 4 aromatic rings. The Labute approximate surface area is 288 Å². The molecule has 1 aliphatic rings. The van der Waals surface area contributed by atoms with E-state index in [0.717, 1.165) is 22.9 Å². The van der Waals surface area contributed by atoms with E-state index >= 15 is 0 Å². The summed E-state index contributed by atoms with van der Waals surface area (Å²) in [6.07, 6.45) is -4.91. The molecule has 0 saturated heterocycles. The predicted octanol–water partition coefficient (Wildman–Crippen LogP) is 7.79. The molecule has 2 heterocycles. The summed E-state index contributed by atoms with van der Waals surface area (Å²) in [6.45, 7) is 1.33. The van der Waals surface area contributed by atoms with Crippen LogP contribution in [0.15, 0.2) is 65.8 Å². The number of nitrogens with zero attached hydrogens (tertiary/aromatic N) is 3. The van der Waals surface area contributed by atoms with E-state index < -0.39 is 46.0 Å². The number of anilines is 1. The smallest absolute Gasteiger partial charge is 0.497 e. The van der Waals surface area contributed by atoms with Gasteiger partial charge in [0.15, 0.2) is 5.16 Å². The van der Waals surface area contributed by atoms with E-state index in [1.807, 2.05) is 29.2 Å². The molecule has 3 aromatic carbocycles. The molecule has 1 atom stereocenters. The Bertz CT molecular complexity index is 1890. The van der Waals surface area contributed by atoms with Crippen LogP contribution in [-0.4, -0.2) is 44.4 Å². The lowest BCUT2D eigenvalue weighted by Gasteiger charge is -2.31. The van der Waals surface area contributed by atoms with Gasteiger partial charge < -0.3 is 23.3 Å². The second-order valence-electron chi connectivity index (χ2n) is 11.2. The van der Waals surface area contributed by atoms with Gasteiger partial charge in [-0.05, 0) is 71.8 Å². The van der Waals surface area contributed by atoms with E-state index in [1.165, 1.54) is 39.5 Å². The highest BCUT2D eigenvalue weighted by atomic mass is 32.2. The lowest BCUT2D eigenvalue weighted by atomic mass is 9.91. The minimum Gasteiger partial charge on any atom is -0.497 e. The molecule has 9 nitrogen and oxygen atoms in total. The largest absolute Gasteiger partial charge is 0.534 e. The van der Waals surface area contributed by atoms with E-state index in [9.17, 15) is 34.8 Å². The maximum Gasteiger partial charge on any atom is 0.534 e. The van der Waals surface area contributed by atoms with Gasteiger partial charge in [0.1, 0.15) is 11.5 Å². The number of fused-ring (bicyclic) bond motifs is 1. The maximum atomic E-state index is 14.7. The van der Waals surface area contributed by atoms with Crippen molar-refractivity contribution in [3.63, 3.8) is 0 Å². The number of aromatic nitrogens is 2. The van der Waals surface area contributed by atoms with Crippen LogP contribution in [0.4, 0.5) is 32.0 Å². The fourth-order valence-electron chi connectivity index (χ4n) is 5.49. The summed E-state index contributed by atoms with van der Waals surface area (Å²) in [5, 5.41) is -0.136. The van der Waals surface area contributed by atoms with E-state index in [4.69, 9.17) is 14.2 Å². The number of hydrogen-bond donors (Lipinski definition) is 0. The van der Waals surface area contributed by atoms with Gasteiger partial charge in [-0.15, -0.1) is 0 Å². The summed E-state index contributed by atoms with van der Waals surface area (Å²) in [7, 11) is -3.03. The third-order valence-electron chi connectivity index (χ3n) is 7.91. The predicted molar refractivity (Wildman–Crippen MR) is 173 cm³/mol. The van der Waals surface area contributed by atoms with E-state index in [0.29, 0.717) is 30.3 Å². The Morgan fingerprint density at radius 2 is 1.46 bits per heavy atom. The lowest BCUT2D eigenvalue weighted by molar-refractivity contribution is -0.140. The second-order valence-corrected chi connectivity index (χ2v) is 13.5. The molecular formula is C33H31F6N3O6S2. The van der Waals surface area contributed by atoms with Crippen LogP contribution in [0, 0.1) is 6.92 Å². The van der Waals surface area contributed by atoms with Gasteiger partial charge in [-0.25, -0.2) is 4.98 Å². The first-order valence-corrected chi connectivity index (χ1v) is 17.4. The average Bonchev–Trinajstić information content (AvgIpc) is 3.06. The van der Waals surface area contributed by atoms with Crippen LogP contribution in [0.3, 0.4) is 0 Å². The zero-order chi connectivity index (χ0) is 36.4. The van der Waals surface area contributed by atoms with Gasteiger partial charge >= 0.3 is 21.8 Å². The van der Waals surface area contributed by atoms with Crippen molar-refractivity contribution >= 4 is 27.6 Å². The van der Waals surface area contributed by atoms with Crippen LogP contribution in [0.2, 0.25) is 0 Å². The van der Waals surface area contributed by atoms with Crippen LogP contribution in [-0.2, 0) is 47.1 Å². The Hall–Kier alpha value is -4.22. The van der Waals surface area contributed by atoms with Crippen LogP contribution >= 0.6 is 11.8 Å². The molecule has 268 valence electrons. The third-order valence-corrected chi connectivity index (χ3v) is 9.40. The highest BCUT2D eigenvalue weighted by Gasteiger charge is 2.49. The number of benzene rings is 3. The Balaban J connectivity index is 1.58. The zero-order valence-corrected chi connectivity index (χ0v) is 28.7.